The first-order chi connectivity index (χ1) is 17.6. The molecule has 6 rings (SSSR count). The molecule has 0 radical (unpaired) electrons. The fourth-order valence-electron chi connectivity index (χ4n) is 6.03. The highest BCUT2D eigenvalue weighted by molar-refractivity contribution is 6.04. The molecular weight excluding hydrogens is 452 g/mol. The van der Waals surface area contributed by atoms with E-state index in [9.17, 15) is 4.79 Å². The van der Waals surface area contributed by atoms with E-state index in [-0.39, 0.29) is 17.8 Å². The van der Waals surface area contributed by atoms with E-state index in [2.05, 4.69) is 40.5 Å². The van der Waals surface area contributed by atoms with Crippen LogP contribution in [0.2, 0.25) is 0 Å². The molecule has 1 aliphatic carbocycles. The topological polar surface area (TPSA) is 77.2 Å². The fraction of sp³-hybridized carbons (Fsp3) is 0.464. The zero-order valence-corrected chi connectivity index (χ0v) is 21.3. The lowest BCUT2D eigenvalue weighted by Gasteiger charge is -2.28. The van der Waals surface area contributed by atoms with Gasteiger partial charge in [0.15, 0.2) is 0 Å². The number of ether oxygens (including phenoxy) is 1. The summed E-state index contributed by atoms with van der Waals surface area (Å²) < 4.78 is 9.32. The molecule has 0 unspecified atom stereocenters. The highest BCUT2D eigenvalue weighted by Gasteiger charge is 2.27. The quantitative estimate of drug-likeness (QED) is 0.461. The van der Waals surface area contributed by atoms with E-state index in [1.807, 2.05) is 31.1 Å². The van der Waals surface area contributed by atoms with E-state index < -0.39 is 0 Å². The van der Waals surface area contributed by atoms with Gasteiger partial charge in [-0.3, -0.25) is 14.1 Å². The molecule has 3 aromatic heterocycles. The molecule has 2 fully saturated rings. The number of nitrogens with zero attached hydrogens (tertiary/aromatic N) is 5. The lowest BCUT2D eigenvalue weighted by Crippen LogP contribution is -2.30. The van der Waals surface area contributed by atoms with E-state index in [1.165, 1.54) is 0 Å². The summed E-state index contributed by atoms with van der Waals surface area (Å²) in [5, 5.41) is 4.37. The van der Waals surface area contributed by atoms with Crippen LogP contribution in [0.15, 0.2) is 47.5 Å². The highest BCUT2D eigenvalue weighted by Crippen LogP contribution is 2.35. The van der Waals surface area contributed by atoms with Gasteiger partial charge < -0.3 is 15.0 Å². The van der Waals surface area contributed by atoms with Gasteiger partial charge in [0.25, 0.3) is 0 Å². The Hall–Kier alpha value is -3.23. The summed E-state index contributed by atoms with van der Waals surface area (Å²) >= 11 is 0. The predicted molar refractivity (Wildman–Crippen MR) is 144 cm³/mol. The molecule has 188 valence electrons. The maximum Gasteiger partial charge on any atom is 0.329 e. The Balaban J connectivity index is 1.40. The molecule has 1 atom stereocenters. The smallest absolute Gasteiger partial charge is 0.329 e. The summed E-state index contributed by atoms with van der Waals surface area (Å²) in [6.45, 7) is 2.01. The van der Waals surface area contributed by atoms with Gasteiger partial charge in [0.1, 0.15) is 5.82 Å². The Kier molecular flexibility index (Phi) is 6.01. The number of hydrogen-bond acceptors (Lipinski definition) is 6. The molecule has 1 aliphatic heterocycles. The molecule has 8 heteroatoms. The second-order valence-electron chi connectivity index (χ2n) is 10.2. The molecule has 1 N–H and O–H groups in total. The van der Waals surface area contributed by atoms with Gasteiger partial charge in [0.2, 0.25) is 0 Å². The molecular formula is C28H34N6O2. The number of imidazole rings is 1. The number of hydrogen-bond donors (Lipinski definition) is 1. The standard InChI is InChI=1S/C28H34N6O2/c1-29-20-12-13-33(17-20)26-11-5-19(15-31-26)18-4-10-24-23(14-18)27-25(16-30-24)32(2)28(35)34(27)21-6-8-22(36-3)9-7-21/h4-5,10-11,14-16,20-22,29H,6-9,12-13,17H2,1-3H3/t20-,21?,22?/m1/s1. The molecule has 0 spiro atoms. The second-order valence-corrected chi connectivity index (χ2v) is 10.2. The van der Waals surface area contributed by atoms with Crippen LogP contribution < -0.4 is 15.9 Å². The molecule has 2 aliphatic rings. The van der Waals surface area contributed by atoms with Gasteiger partial charge in [0.05, 0.1) is 28.9 Å². The van der Waals surface area contributed by atoms with Gasteiger partial charge in [0, 0.05) is 56.5 Å². The summed E-state index contributed by atoms with van der Waals surface area (Å²) in [7, 11) is 5.65. The molecule has 8 nitrogen and oxygen atoms in total. The number of methoxy groups -OCH3 is 1. The minimum Gasteiger partial charge on any atom is -0.381 e. The van der Waals surface area contributed by atoms with Crippen molar-refractivity contribution in [1.29, 1.82) is 0 Å². The first kappa shape index (κ1) is 23.2. The number of rotatable bonds is 5. The van der Waals surface area contributed by atoms with Crippen LogP contribution in [0, 0.1) is 0 Å². The van der Waals surface area contributed by atoms with Crippen molar-refractivity contribution in [1.82, 2.24) is 24.4 Å². The van der Waals surface area contributed by atoms with Gasteiger partial charge in [-0.2, -0.15) is 0 Å². The van der Waals surface area contributed by atoms with Gasteiger partial charge in [-0.1, -0.05) is 6.07 Å². The third-order valence-electron chi connectivity index (χ3n) is 8.26. The molecule has 1 saturated carbocycles. The van der Waals surface area contributed by atoms with Gasteiger partial charge in [-0.15, -0.1) is 0 Å². The maximum absolute atomic E-state index is 13.4. The minimum absolute atomic E-state index is 0.0297. The lowest BCUT2D eigenvalue weighted by atomic mass is 9.92. The van der Waals surface area contributed by atoms with Crippen molar-refractivity contribution in [3.8, 4) is 11.1 Å². The molecule has 36 heavy (non-hydrogen) atoms. The van der Waals surface area contributed by atoms with E-state index in [1.54, 1.807) is 11.7 Å². The molecule has 1 saturated heterocycles. The van der Waals surface area contributed by atoms with Crippen LogP contribution in [0.25, 0.3) is 33.1 Å². The Morgan fingerprint density at radius 1 is 1.00 bits per heavy atom. The van der Waals surface area contributed by atoms with Crippen LogP contribution in [0.1, 0.15) is 38.1 Å². The first-order valence-electron chi connectivity index (χ1n) is 13.0. The highest BCUT2D eigenvalue weighted by atomic mass is 16.5. The zero-order chi connectivity index (χ0) is 24.8. The molecule has 0 amide bonds. The lowest BCUT2D eigenvalue weighted by molar-refractivity contribution is 0.0585. The third-order valence-corrected chi connectivity index (χ3v) is 8.26. The number of nitrogens with one attached hydrogen (secondary N) is 1. The Labute approximate surface area is 210 Å². The Morgan fingerprint density at radius 2 is 1.81 bits per heavy atom. The fourth-order valence-corrected chi connectivity index (χ4v) is 6.03. The summed E-state index contributed by atoms with van der Waals surface area (Å²) in [5.41, 5.74) is 4.93. The zero-order valence-electron chi connectivity index (χ0n) is 21.3. The van der Waals surface area contributed by atoms with Crippen molar-refractivity contribution >= 4 is 27.8 Å². The van der Waals surface area contributed by atoms with Crippen LogP contribution >= 0.6 is 0 Å². The van der Waals surface area contributed by atoms with Crippen LogP contribution in [-0.4, -0.2) is 58.5 Å². The number of likely N-dealkylation sites (N-methyl/N-ethyl adjacent to an activating group) is 1. The predicted octanol–water partition coefficient (Wildman–Crippen LogP) is 3.88. The summed E-state index contributed by atoms with van der Waals surface area (Å²) in [5.74, 6) is 1.02. The molecule has 4 heterocycles. The minimum atomic E-state index is 0.0297. The van der Waals surface area contributed by atoms with Crippen molar-refractivity contribution in [2.24, 2.45) is 7.05 Å². The second kappa shape index (κ2) is 9.33. The van der Waals surface area contributed by atoms with Crippen LogP contribution in [0.4, 0.5) is 5.82 Å². The van der Waals surface area contributed by atoms with Gasteiger partial charge >= 0.3 is 5.69 Å². The van der Waals surface area contributed by atoms with E-state index >= 15 is 0 Å². The number of pyridine rings is 2. The van der Waals surface area contributed by atoms with E-state index in [0.29, 0.717) is 6.04 Å². The van der Waals surface area contributed by atoms with Crippen LogP contribution in [0.3, 0.4) is 0 Å². The maximum atomic E-state index is 13.4. The number of fused-ring (bicyclic) bond motifs is 3. The normalized spacial score (nSPS) is 22.6. The third kappa shape index (κ3) is 3.89. The number of benzene rings is 1. The van der Waals surface area contributed by atoms with Crippen LogP contribution in [0.5, 0.6) is 0 Å². The summed E-state index contributed by atoms with van der Waals surface area (Å²) in [6, 6.07) is 11.3. The van der Waals surface area contributed by atoms with Crippen molar-refractivity contribution in [2.75, 3.05) is 32.1 Å². The molecule has 0 bridgehead atoms. The number of anilines is 1. The Bertz CT molecular complexity index is 1450. The molecule has 1 aromatic carbocycles. The summed E-state index contributed by atoms with van der Waals surface area (Å²) in [4.78, 5) is 25.2. The van der Waals surface area contributed by atoms with E-state index in [0.717, 1.165) is 84.1 Å². The van der Waals surface area contributed by atoms with Crippen molar-refractivity contribution in [3.63, 3.8) is 0 Å². The van der Waals surface area contributed by atoms with Gasteiger partial charge in [-0.25, -0.2) is 9.78 Å². The number of aryl methyl sites for hydroxylation is 1. The van der Waals surface area contributed by atoms with E-state index in [4.69, 9.17) is 14.7 Å². The molecule has 4 aromatic rings. The van der Waals surface area contributed by atoms with Crippen molar-refractivity contribution in [3.05, 3.63) is 53.2 Å². The monoisotopic (exact) mass is 486 g/mol. The SMILES string of the molecule is CN[C@@H]1CCN(c2ccc(-c3ccc4ncc5c(c4c3)n(C3CCC(OC)CC3)c(=O)n5C)cn2)C1. The summed E-state index contributed by atoms with van der Waals surface area (Å²) in [6.07, 6.45) is 9.05. The number of aromatic nitrogens is 4. The first-order valence-corrected chi connectivity index (χ1v) is 13.0. The van der Waals surface area contributed by atoms with Crippen molar-refractivity contribution < 1.29 is 4.74 Å². The average molecular weight is 487 g/mol. The van der Waals surface area contributed by atoms with Crippen molar-refractivity contribution in [2.45, 2.75) is 50.3 Å². The average Bonchev–Trinajstić information content (AvgIpc) is 3.51. The van der Waals surface area contributed by atoms with Crippen LogP contribution in [-0.2, 0) is 11.8 Å². The Morgan fingerprint density at radius 3 is 2.50 bits per heavy atom. The van der Waals surface area contributed by atoms with Gasteiger partial charge in [-0.05, 0) is 69.0 Å². The largest absolute Gasteiger partial charge is 0.381 e.